The summed E-state index contributed by atoms with van der Waals surface area (Å²) in [6.07, 6.45) is 8.66. The number of amides is 1. The third-order valence-corrected chi connectivity index (χ3v) is 3.86. The van der Waals surface area contributed by atoms with Gasteiger partial charge in [0.2, 0.25) is 0 Å². The van der Waals surface area contributed by atoms with Crippen molar-refractivity contribution in [3.8, 4) is 0 Å². The minimum Gasteiger partial charge on any atom is -0.367 e. The molecule has 1 aliphatic rings. The van der Waals surface area contributed by atoms with Crippen molar-refractivity contribution in [2.75, 3.05) is 11.9 Å². The Morgan fingerprint density at radius 1 is 1.29 bits per heavy atom. The Morgan fingerprint density at radius 2 is 2.05 bits per heavy atom. The zero-order valence-corrected chi connectivity index (χ0v) is 13.1. The zero-order chi connectivity index (χ0) is 15.1. The number of nitrogens with zero attached hydrogens (tertiary/aromatic N) is 2. The summed E-state index contributed by atoms with van der Waals surface area (Å²) in [5, 5.41) is 6.32. The molecule has 1 saturated carbocycles. The Labute approximate surface area is 127 Å². The highest BCUT2D eigenvalue weighted by atomic mass is 16.1. The van der Waals surface area contributed by atoms with Gasteiger partial charge in [0.05, 0.1) is 0 Å². The first-order valence-electron chi connectivity index (χ1n) is 8.02. The van der Waals surface area contributed by atoms with Crippen molar-refractivity contribution in [3.05, 3.63) is 18.1 Å². The highest BCUT2D eigenvalue weighted by molar-refractivity contribution is 5.92. The molecule has 5 nitrogen and oxygen atoms in total. The Balaban J connectivity index is 1.88. The number of hydrogen-bond donors (Lipinski definition) is 2. The largest absolute Gasteiger partial charge is 0.367 e. The molecule has 116 valence electrons. The molecule has 0 bridgehead atoms. The van der Waals surface area contributed by atoms with Crippen LogP contribution in [0.25, 0.3) is 0 Å². The van der Waals surface area contributed by atoms with Gasteiger partial charge >= 0.3 is 0 Å². The van der Waals surface area contributed by atoms with Crippen molar-refractivity contribution in [3.63, 3.8) is 0 Å². The second kappa shape index (κ2) is 7.96. The van der Waals surface area contributed by atoms with Crippen molar-refractivity contribution in [2.45, 2.75) is 58.4 Å². The number of aromatic nitrogens is 2. The minimum atomic E-state index is -0.121. The van der Waals surface area contributed by atoms with E-state index in [9.17, 15) is 4.79 Å². The summed E-state index contributed by atoms with van der Waals surface area (Å²) in [5.41, 5.74) is 0.437. The summed E-state index contributed by atoms with van der Waals surface area (Å²) in [7, 11) is 0. The van der Waals surface area contributed by atoms with Crippen molar-refractivity contribution < 1.29 is 4.79 Å². The van der Waals surface area contributed by atoms with E-state index in [4.69, 9.17) is 0 Å². The molecule has 0 radical (unpaired) electrons. The number of carbonyl (C=O) groups is 1. The molecule has 1 aromatic rings. The normalized spacial score (nSPS) is 16.0. The molecule has 1 amide bonds. The van der Waals surface area contributed by atoms with Crippen LogP contribution in [0, 0.1) is 5.92 Å². The minimum absolute atomic E-state index is 0.121. The van der Waals surface area contributed by atoms with E-state index in [1.165, 1.54) is 38.4 Å². The number of nitrogens with one attached hydrogen (secondary N) is 2. The monoisotopic (exact) mass is 290 g/mol. The highest BCUT2D eigenvalue weighted by Crippen LogP contribution is 2.20. The molecule has 0 aliphatic heterocycles. The standard InChI is InChI=1S/C16H26N4O/c1-12(2)8-9-17-16(21)14-10-15(19-11-18-14)20-13-6-4-3-5-7-13/h10-13H,3-9H2,1-2H3,(H,17,21)(H,18,19,20). The van der Waals surface area contributed by atoms with Crippen molar-refractivity contribution in [1.29, 1.82) is 0 Å². The quantitative estimate of drug-likeness (QED) is 0.845. The molecule has 1 aromatic heterocycles. The van der Waals surface area contributed by atoms with Gasteiger partial charge in [0.25, 0.3) is 5.91 Å². The van der Waals surface area contributed by atoms with Crippen LogP contribution in [0.3, 0.4) is 0 Å². The molecule has 21 heavy (non-hydrogen) atoms. The lowest BCUT2D eigenvalue weighted by Gasteiger charge is -2.23. The maximum absolute atomic E-state index is 12.0. The Hall–Kier alpha value is -1.65. The number of anilines is 1. The predicted octanol–water partition coefficient (Wildman–Crippen LogP) is 3.00. The summed E-state index contributed by atoms with van der Waals surface area (Å²) >= 11 is 0. The molecular weight excluding hydrogens is 264 g/mol. The summed E-state index contributed by atoms with van der Waals surface area (Å²) in [4.78, 5) is 20.3. The molecule has 1 heterocycles. The van der Waals surface area contributed by atoms with Gasteiger partial charge < -0.3 is 10.6 Å². The Kier molecular flexibility index (Phi) is 5.96. The molecule has 0 unspecified atom stereocenters. The van der Waals surface area contributed by atoms with E-state index in [0.717, 1.165) is 12.2 Å². The number of hydrogen-bond acceptors (Lipinski definition) is 4. The third-order valence-electron chi connectivity index (χ3n) is 3.86. The first-order chi connectivity index (χ1) is 10.1. The smallest absolute Gasteiger partial charge is 0.270 e. The lowest BCUT2D eigenvalue weighted by molar-refractivity contribution is 0.0947. The second-order valence-electron chi connectivity index (χ2n) is 6.21. The maximum atomic E-state index is 12.0. The van der Waals surface area contributed by atoms with Crippen LogP contribution in [0.2, 0.25) is 0 Å². The van der Waals surface area contributed by atoms with Gasteiger partial charge in [-0.2, -0.15) is 0 Å². The van der Waals surface area contributed by atoms with E-state index in [-0.39, 0.29) is 5.91 Å². The molecule has 0 saturated heterocycles. The van der Waals surface area contributed by atoms with Crippen LogP contribution in [0.1, 0.15) is 62.9 Å². The lowest BCUT2D eigenvalue weighted by Crippen LogP contribution is -2.27. The predicted molar refractivity (Wildman–Crippen MR) is 84.3 cm³/mol. The van der Waals surface area contributed by atoms with Gasteiger partial charge in [0, 0.05) is 18.7 Å². The fourth-order valence-corrected chi connectivity index (χ4v) is 2.58. The van der Waals surface area contributed by atoms with Crippen LogP contribution >= 0.6 is 0 Å². The summed E-state index contributed by atoms with van der Waals surface area (Å²) < 4.78 is 0. The van der Waals surface area contributed by atoms with Gasteiger partial charge in [-0.1, -0.05) is 33.1 Å². The van der Waals surface area contributed by atoms with E-state index in [1.54, 1.807) is 6.07 Å². The van der Waals surface area contributed by atoms with Crippen LogP contribution < -0.4 is 10.6 Å². The fourth-order valence-electron chi connectivity index (χ4n) is 2.58. The molecule has 0 atom stereocenters. The Morgan fingerprint density at radius 3 is 2.76 bits per heavy atom. The van der Waals surface area contributed by atoms with Crippen LogP contribution in [0.5, 0.6) is 0 Å². The SMILES string of the molecule is CC(C)CCNC(=O)c1cc(NC2CCCCC2)ncn1. The molecule has 5 heteroatoms. The van der Waals surface area contributed by atoms with E-state index in [0.29, 0.717) is 24.2 Å². The van der Waals surface area contributed by atoms with E-state index < -0.39 is 0 Å². The van der Waals surface area contributed by atoms with Crippen LogP contribution in [0.4, 0.5) is 5.82 Å². The van der Waals surface area contributed by atoms with Gasteiger partial charge in [-0.3, -0.25) is 4.79 Å². The van der Waals surface area contributed by atoms with Crippen molar-refractivity contribution in [2.24, 2.45) is 5.92 Å². The molecule has 1 fully saturated rings. The van der Waals surface area contributed by atoms with Crippen LogP contribution in [0.15, 0.2) is 12.4 Å². The van der Waals surface area contributed by atoms with Crippen LogP contribution in [-0.4, -0.2) is 28.5 Å². The van der Waals surface area contributed by atoms with Gasteiger partial charge in [-0.25, -0.2) is 9.97 Å². The highest BCUT2D eigenvalue weighted by Gasteiger charge is 2.15. The van der Waals surface area contributed by atoms with Crippen molar-refractivity contribution >= 4 is 11.7 Å². The first kappa shape index (κ1) is 15.7. The molecule has 2 N–H and O–H groups in total. The fraction of sp³-hybridized carbons (Fsp3) is 0.688. The molecule has 0 spiro atoms. The Bertz CT molecular complexity index is 455. The van der Waals surface area contributed by atoms with Crippen LogP contribution in [-0.2, 0) is 0 Å². The van der Waals surface area contributed by atoms with Gasteiger partial charge in [-0.15, -0.1) is 0 Å². The molecule has 1 aliphatic carbocycles. The molecular formula is C16H26N4O. The van der Waals surface area contributed by atoms with Gasteiger partial charge in [0.1, 0.15) is 17.8 Å². The van der Waals surface area contributed by atoms with Crippen molar-refractivity contribution in [1.82, 2.24) is 15.3 Å². The lowest BCUT2D eigenvalue weighted by atomic mass is 9.95. The molecule has 2 rings (SSSR count). The maximum Gasteiger partial charge on any atom is 0.270 e. The van der Waals surface area contributed by atoms with Gasteiger partial charge in [0.15, 0.2) is 0 Å². The number of rotatable bonds is 6. The third kappa shape index (κ3) is 5.33. The van der Waals surface area contributed by atoms with Gasteiger partial charge in [-0.05, 0) is 25.2 Å². The van der Waals surface area contributed by atoms with E-state index in [1.807, 2.05) is 0 Å². The topological polar surface area (TPSA) is 66.9 Å². The summed E-state index contributed by atoms with van der Waals surface area (Å²) in [5.74, 6) is 1.22. The average Bonchev–Trinajstić information content (AvgIpc) is 2.48. The average molecular weight is 290 g/mol. The summed E-state index contributed by atoms with van der Waals surface area (Å²) in [6.45, 7) is 4.97. The number of carbonyl (C=O) groups excluding carboxylic acids is 1. The summed E-state index contributed by atoms with van der Waals surface area (Å²) in [6, 6.07) is 2.23. The first-order valence-corrected chi connectivity index (χ1v) is 8.02. The zero-order valence-electron chi connectivity index (χ0n) is 13.1. The van der Waals surface area contributed by atoms with E-state index in [2.05, 4.69) is 34.4 Å². The molecule has 0 aromatic carbocycles. The second-order valence-corrected chi connectivity index (χ2v) is 6.21. The van der Waals surface area contributed by atoms with E-state index >= 15 is 0 Å².